The van der Waals surface area contributed by atoms with Gasteiger partial charge in [-0.15, -0.1) is 11.3 Å². The molecular formula is C20H22N4OS2. The Hall–Kier alpha value is -2.09. The van der Waals surface area contributed by atoms with Gasteiger partial charge in [-0.25, -0.2) is 4.98 Å². The zero-order valence-electron chi connectivity index (χ0n) is 15.2. The van der Waals surface area contributed by atoms with Crippen molar-refractivity contribution in [1.29, 1.82) is 0 Å². The van der Waals surface area contributed by atoms with Crippen LogP contribution in [0.15, 0.2) is 59.2 Å². The van der Waals surface area contributed by atoms with E-state index in [2.05, 4.69) is 27.4 Å². The van der Waals surface area contributed by atoms with Crippen molar-refractivity contribution < 1.29 is 4.79 Å². The lowest BCUT2D eigenvalue weighted by molar-refractivity contribution is 0.0621. The predicted octanol–water partition coefficient (Wildman–Crippen LogP) is 3.61. The topological polar surface area (TPSA) is 41.4 Å². The van der Waals surface area contributed by atoms with Crippen LogP contribution in [0.3, 0.4) is 0 Å². The summed E-state index contributed by atoms with van der Waals surface area (Å²) in [6.45, 7) is 4.27. The van der Waals surface area contributed by atoms with Crippen LogP contribution in [0.5, 0.6) is 0 Å². The van der Waals surface area contributed by atoms with Crippen LogP contribution in [0.1, 0.15) is 15.4 Å². The molecule has 0 atom stereocenters. The molecule has 0 aliphatic carbocycles. The van der Waals surface area contributed by atoms with Gasteiger partial charge in [0.05, 0.1) is 6.20 Å². The molecule has 7 heteroatoms. The Balaban J connectivity index is 1.48. The molecular weight excluding hydrogens is 376 g/mol. The first kappa shape index (κ1) is 18.3. The monoisotopic (exact) mass is 398 g/mol. The molecule has 1 amide bonds. The van der Waals surface area contributed by atoms with Gasteiger partial charge in [-0.2, -0.15) is 0 Å². The van der Waals surface area contributed by atoms with Gasteiger partial charge in [0, 0.05) is 43.3 Å². The molecule has 140 valence electrons. The Bertz CT molecular complexity index is 884. The van der Waals surface area contributed by atoms with Gasteiger partial charge in [-0.1, -0.05) is 36.0 Å². The molecule has 1 saturated heterocycles. The number of thiophene rings is 1. The van der Waals surface area contributed by atoms with Gasteiger partial charge in [-0.3, -0.25) is 14.3 Å². The van der Waals surface area contributed by atoms with Crippen molar-refractivity contribution in [1.82, 2.24) is 19.4 Å². The van der Waals surface area contributed by atoms with Crippen molar-refractivity contribution >= 4 is 29.0 Å². The molecule has 0 radical (unpaired) electrons. The molecule has 4 rings (SSSR count). The summed E-state index contributed by atoms with van der Waals surface area (Å²) in [5.41, 5.74) is 1.61. The van der Waals surface area contributed by atoms with Crippen LogP contribution in [0.25, 0.3) is 5.69 Å². The molecule has 0 bridgehead atoms. The first-order valence-electron chi connectivity index (χ1n) is 8.97. The highest BCUT2D eigenvalue weighted by Crippen LogP contribution is 2.23. The van der Waals surface area contributed by atoms with E-state index in [1.54, 1.807) is 29.3 Å². The average Bonchev–Trinajstić information content (AvgIpc) is 3.38. The van der Waals surface area contributed by atoms with Crippen molar-refractivity contribution in [3.8, 4) is 5.69 Å². The highest BCUT2D eigenvalue weighted by Gasteiger charge is 2.26. The Morgan fingerprint density at radius 3 is 2.56 bits per heavy atom. The first-order chi connectivity index (χ1) is 13.3. The number of amides is 1. The normalized spacial score (nSPS) is 15.2. The third-order valence-electron chi connectivity index (χ3n) is 4.76. The van der Waals surface area contributed by atoms with Gasteiger partial charge in [0.15, 0.2) is 5.16 Å². The second kappa shape index (κ2) is 8.29. The van der Waals surface area contributed by atoms with Gasteiger partial charge in [0.2, 0.25) is 0 Å². The summed E-state index contributed by atoms with van der Waals surface area (Å²) >= 11 is 3.34. The molecule has 1 fully saturated rings. The Kier molecular flexibility index (Phi) is 5.61. The Morgan fingerprint density at radius 2 is 1.89 bits per heavy atom. The molecule has 1 aliphatic heterocycles. The number of carbonyl (C=O) groups is 1. The smallest absolute Gasteiger partial charge is 0.272 e. The van der Waals surface area contributed by atoms with Gasteiger partial charge in [0.25, 0.3) is 5.91 Å². The van der Waals surface area contributed by atoms with E-state index >= 15 is 0 Å². The molecule has 0 saturated carbocycles. The minimum atomic E-state index is 0.0578. The molecule has 0 N–H and O–H groups in total. The van der Waals surface area contributed by atoms with Gasteiger partial charge in [0.1, 0.15) is 5.69 Å². The number of carbonyl (C=O) groups excluding carboxylic acids is 1. The fraction of sp³-hybridized carbons (Fsp3) is 0.300. The number of benzene rings is 1. The summed E-state index contributed by atoms with van der Waals surface area (Å²) in [4.78, 5) is 23.4. The minimum Gasteiger partial charge on any atom is -0.335 e. The van der Waals surface area contributed by atoms with E-state index in [-0.39, 0.29) is 5.91 Å². The third kappa shape index (κ3) is 3.95. The zero-order chi connectivity index (χ0) is 18.6. The summed E-state index contributed by atoms with van der Waals surface area (Å²) in [6, 6.07) is 14.2. The van der Waals surface area contributed by atoms with Crippen LogP contribution in [0, 0.1) is 0 Å². The number of hydrogen-bond donors (Lipinski definition) is 0. The molecule has 0 spiro atoms. The van der Waals surface area contributed by atoms with E-state index < -0.39 is 0 Å². The number of rotatable bonds is 5. The fourth-order valence-corrected chi connectivity index (χ4v) is 4.64. The highest BCUT2D eigenvalue weighted by molar-refractivity contribution is 7.98. The van der Waals surface area contributed by atoms with E-state index in [4.69, 9.17) is 0 Å². The lowest BCUT2D eigenvalue weighted by atomic mass is 10.2. The van der Waals surface area contributed by atoms with E-state index in [0.717, 1.165) is 43.6 Å². The lowest BCUT2D eigenvalue weighted by Crippen LogP contribution is -2.48. The third-order valence-corrected chi connectivity index (χ3v) is 6.28. The maximum Gasteiger partial charge on any atom is 0.272 e. The fourth-order valence-electron chi connectivity index (χ4n) is 3.35. The Labute approximate surface area is 167 Å². The van der Waals surface area contributed by atoms with Crippen molar-refractivity contribution in [2.75, 3.05) is 32.4 Å². The van der Waals surface area contributed by atoms with Crippen molar-refractivity contribution in [3.05, 3.63) is 64.6 Å². The van der Waals surface area contributed by atoms with Crippen molar-refractivity contribution in [3.63, 3.8) is 0 Å². The lowest BCUT2D eigenvalue weighted by Gasteiger charge is -2.34. The summed E-state index contributed by atoms with van der Waals surface area (Å²) < 4.78 is 1.96. The van der Waals surface area contributed by atoms with Crippen LogP contribution < -0.4 is 0 Å². The molecule has 2 aromatic heterocycles. The summed E-state index contributed by atoms with van der Waals surface area (Å²) in [5, 5.41) is 2.95. The molecule has 3 aromatic rings. The average molecular weight is 399 g/mol. The summed E-state index contributed by atoms with van der Waals surface area (Å²) in [7, 11) is 0. The number of para-hydroxylation sites is 1. The SMILES string of the molecule is CSc1ncc(C(=O)N2CCN(Cc3cccs3)CC2)n1-c1ccccc1. The van der Waals surface area contributed by atoms with E-state index in [1.165, 1.54) is 4.88 Å². The van der Waals surface area contributed by atoms with Crippen molar-refractivity contribution in [2.24, 2.45) is 0 Å². The molecule has 0 unspecified atom stereocenters. The standard InChI is InChI=1S/C20H22N4OS2/c1-26-20-21-14-18(24(20)16-6-3-2-4-7-16)19(25)23-11-9-22(10-12-23)15-17-8-5-13-27-17/h2-8,13-14H,9-12,15H2,1H3. The molecule has 5 nitrogen and oxygen atoms in total. The van der Waals surface area contributed by atoms with Gasteiger partial charge < -0.3 is 4.90 Å². The van der Waals surface area contributed by atoms with Gasteiger partial charge >= 0.3 is 0 Å². The van der Waals surface area contributed by atoms with Crippen LogP contribution in [0.2, 0.25) is 0 Å². The highest BCUT2D eigenvalue weighted by atomic mass is 32.2. The second-order valence-electron chi connectivity index (χ2n) is 6.45. The van der Waals surface area contributed by atoms with E-state index in [9.17, 15) is 4.79 Å². The van der Waals surface area contributed by atoms with Gasteiger partial charge in [-0.05, 0) is 29.8 Å². The summed E-state index contributed by atoms with van der Waals surface area (Å²) in [6.07, 6.45) is 3.69. The number of thioether (sulfide) groups is 1. The maximum absolute atomic E-state index is 13.2. The minimum absolute atomic E-state index is 0.0578. The van der Waals surface area contributed by atoms with Crippen LogP contribution >= 0.6 is 23.1 Å². The quantitative estimate of drug-likeness (QED) is 0.616. The van der Waals surface area contributed by atoms with E-state index in [0.29, 0.717) is 5.69 Å². The van der Waals surface area contributed by atoms with Crippen LogP contribution in [-0.4, -0.2) is 57.7 Å². The maximum atomic E-state index is 13.2. The molecule has 27 heavy (non-hydrogen) atoms. The number of hydrogen-bond acceptors (Lipinski definition) is 5. The molecule has 3 heterocycles. The zero-order valence-corrected chi connectivity index (χ0v) is 16.9. The van der Waals surface area contributed by atoms with Crippen LogP contribution in [0.4, 0.5) is 0 Å². The van der Waals surface area contributed by atoms with E-state index in [1.807, 2.05) is 46.1 Å². The summed E-state index contributed by atoms with van der Waals surface area (Å²) in [5.74, 6) is 0.0578. The first-order valence-corrected chi connectivity index (χ1v) is 11.1. The number of imidazole rings is 1. The Morgan fingerprint density at radius 1 is 1.11 bits per heavy atom. The van der Waals surface area contributed by atoms with Crippen molar-refractivity contribution in [2.45, 2.75) is 11.7 Å². The molecule has 1 aliphatic rings. The largest absolute Gasteiger partial charge is 0.335 e. The number of aromatic nitrogens is 2. The second-order valence-corrected chi connectivity index (χ2v) is 8.25. The van der Waals surface area contributed by atoms with Crippen LogP contribution in [-0.2, 0) is 6.54 Å². The predicted molar refractivity (Wildman–Crippen MR) is 111 cm³/mol. The molecule has 1 aromatic carbocycles. The number of piperazine rings is 1. The number of nitrogens with zero attached hydrogens (tertiary/aromatic N) is 4.